The van der Waals surface area contributed by atoms with E-state index < -0.39 is 0 Å². The van der Waals surface area contributed by atoms with E-state index in [1.807, 2.05) is 0 Å². The Kier molecular flexibility index (Phi) is 15.5. The Morgan fingerprint density at radius 1 is 0.783 bits per heavy atom. The second kappa shape index (κ2) is 16.1. The van der Waals surface area contributed by atoms with Crippen LogP contribution in [0.2, 0.25) is 0 Å². The molecule has 0 aromatic rings. The van der Waals surface area contributed by atoms with Crippen LogP contribution in [0.5, 0.6) is 0 Å². The summed E-state index contributed by atoms with van der Waals surface area (Å²) in [4.78, 5) is 0. The number of rotatable bonds is 14. The van der Waals surface area contributed by atoms with Crippen LogP contribution in [0.25, 0.3) is 0 Å². The van der Waals surface area contributed by atoms with Gasteiger partial charge in [0, 0.05) is 0 Å². The lowest BCUT2D eigenvalue weighted by Gasteiger charge is -2.11. The van der Waals surface area contributed by atoms with E-state index in [2.05, 4.69) is 58.9 Å². The lowest BCUT2D eigenvalue weighted by Crippen LogP contribution is -1.95. The van der Waals surface area contributed by atoms with Crippen molar-refractivity contribution < 1.29 is 0 Å². The van der Waals surface area contributed by atoms with Crippen LogP contribution >= 0.6 is 0 Å². The second-order valence-electron chi connectivity index (χ2n) is 7.23. The quantitative estimate of drug-likeness (QED) is 0.171. The summed E-state index contributed by atoms with van der Waals surface area (Å²) in [6, 6.07) is 0. The maximum Gasteiger partial charge on any atom is -0.0289 e. The van der Waals surface area contributed by atoms with E-state index in [0.717, 1.165) is 5.92 Å². The third-order valence-electron chi connectivity index (χ3n) is 4.60. The first-order valence-electron chi connectivity index (χ1n) is 10.1. The molecule has 0 N–H and O–H groups in total. The van der Waals surface area contributed by atoms with Crippen molar-refractivity contribution in [1.82, 2.24) is 0 Å². The maximum absolute atomic E-state index is 2.40. The Morgan fingerprint density at radius 2 is 1.39 bits per heavy atom. The first-order valence-corrected chi connectivity index (χ1v) is 10.1. The molecular weight excluding hydrogens is 276 g/mol. The SMILES string of the molecule is CCCCCC=CCC(C)CC(C)=C(C)C=CCCCCCC. The van der Waals surface area contributed by atoms with Crippen LogP contribution in [0.15, 0.2) is 35.5 Å². The minimum absolute atomic E-state index is 0.755. The molecule has 0 bridgehead atoms. The average molecular weight is 319 g/mol. The van der Waals surface area contributed by atoms with Gasteiger partial charge < -0.3 is 0 Å². The highest BCUT2D eigenvalue weighted by molar-refractivity contribution is 5.22. The van der Waals surface area contributed by atoms with Crippen molar-refractivity contribution in [3.05, 3.63) is 35.5 Å². The highest BCUT2D eigenvalue weighted by atomic mass is 14.1. The van der Waals surface area contributed by atoms with E-state index in [1.54, 1.807) is 5.57 Å². The van der Waals surface area contributed by atoms with Gasteiger partial charge in [-0.1, -0.05) is 88.3 Å². The minimum Gasteiger partial charge on any atom is -0.0885 e. The molecule has 0 heterocycles. The maximum atomic E-state index is 2.40. The molecule has 0 fully saturated rings. The summed E-state index contributed by atoms with van der Waals surface area (Å²) in [7, 11) is 0. The molecular formula is C23H42. The van der Waals surface area contributed by atoms with Crippen molar-refractivity contribution in [2.75, 3.05) is 0 Å². The summed E-state index contributed by atoms with van der Waals surface area (Å²) in [5.74, 6) is 0.755. The molecule has 1 unspecified atom stereocenters. The van der Waals surface area contributed by atoms with Crippen molar-refractivity contribution in [3.8, 4) is 0 Å². The number of allylic oxidation sites excluding steroid dienone is 6. The van der Waals surface area contributed by atoms with Gasteiger partial charge in [-0.15, -0.1) is 0 Å². The molecule has 1 atom stereocenters. The van der Waals surface area contributed by atoms with Gasteiger partial charge in [-0.05, 0) is 58.3 Å². The summed E-state index contributed by atoms with van der Waals surface area (Å²) in [5.41, 5.74) is 3.03. The molecule has 0 aliphatic heterocycles. The molecule has 0 heteroatoms. The van der Waals surface area contributed by atoms with Gasteiger partial charge in [0.1, 0.15) is 0 Å². The predicted octanol–water partition coefficient (Wildman–Crippen LogP) is 8.40. The van der Waals surface area contributed by atoms with Gasteiger partial charge in [-0.3, -0.25) is 0 Å². The molecule has 0 saturated carbocycles. The zero-order valence-corrected chi connectivity index (χ0v) is 16.7. The van der Waals surface area contributed by atoms with Crippen LogP contribution < -0.4 is 0 Å². The minimum atomic E-state index is 0.755. The van der Waals surface area contributed by atoms with E-state index >= 15 is 0 Å². The van der Waals surface area contributed by atoms with Gasteiger partial charge in [0.2, 0.25) is 0 Å². The van der Waals surface area contributed by atoms with Crippen molar-refractivity contribution in [3.63, 3.8) is 0 Å². The molecule has 0 amide bonds. The summed E-state index contributed by atoms with van der Waals surface area (Å²) in [6.45, 7) is 11.5. The van der Waals surface area contributed by atoms with Gasteiger partial charge in [-0.2, -0.15) is 0 Å². The normalized spacial score (nSPS) is 14.7. The molecule has 0 saturated heterocycles. The molecule has 0 aliphatic carbocycles. The van der Waals surface area contributed by atoms with E-state index in [9.17, 15) is 0 Å². The molecule has 0 aromatic heterocycles. The molecule has 0 rings (SSSR count). The monoisotopic (exact) mass is 318 g/mol. The van der Waals surface area contributed by atoms with Crippen LogP contribution in [0, 0.1) is 5.92 Å². The predicted molar refractivity (Wildman–Crippen MR) is 108 cm³/mol. The molecule has 0 spiro atoms. The molecule has 0 aliphatic rings. The van der Waals surface area contributed by atoms with Crippen molar-refractivity contribution in [2.45, 2.75) is 105 Å². The summed E-state index contributed by atoms with van der Waals surface area (Å²) in [6.07, 6.45) is 23.9. The van der Waals surface area contributed by atoms with E-state index in [0.29, 0.717) is 0 Å². The third-order valence-corrected chi connectivity index (χ3v) is 4.60. The second-order valence-corrected chi connectivity index (χ2v) is 7.23. The van der Waals surface area contributed by atoms with E-state index in [4.69, 9.17) is 0 Å². The van der Waals surface area contributed by atoms with Gasteiger partial charge in [0.25, 0.3) is 0 Å². The van der Waals surface area contributed by atoms with Gasteiger partial charge in [0.05, 0.1) is 0 Å². The Balaban J connectivity index is 3.97. The van der Waals surface area contributed by atoms with Crippen molar-refractivity contribution >= 4 is 0 Å². The topological polar surface area (TPSA) is 0 Å². The Morgan fingerprint density at radius 3 is 2.09 bits per heavy atom. The summed E-state index contributed by atoms with van der Waals surface area (Å²) >= 11 is 0. The fraction of sp³-hybridized carbons (Fsp3) is 0.739. The highest BCUT2D eigenvalue weighted by Crippen LogP contribution is 2.19. The van der Waals surface area contributed by atoms with Crippen molar-refractivity contribution in [1.29, 1.82) is 0 Å². The lowest BCUT2D eigenvalue weighted by molar-refractivity contribution is 0.583. The standard InChI is InChI=1S/C23H42/c1-6-8-10-12-14-16-18-21(3)20-23(5)22(4)19-17-15-13-11-9-7-2/h14,16-17,19,21H,6-13,15,18,20H2,1-5H3. The van der Waals surface area contributed by atoms with Crippen LogP contribution in [-0.4, -0.2) is 0 Å². The lowest BCUT2D eigenvalue weighted by atomic mass is 9.95. The fourth-order valence-electron chi connectivity index (χ4n) is 2.82. The summed E-state index contributed by atoms with van der Waals surface area (Å²) < 4.78 is 0. The largest absolute Gasteiger partial charge is 0.0885 e. The third kappa shape index (κ3) is 14.5. The molecule has 0 radical (unpaired) electrons. The first kappa shape index (κ1) is 22.2. The van der Waals surface area contributed by atoms with E-state index in [-0.39, 0.29) is 0 Å². The van der Waals surface area contributed by atoms with Crippen LogP contribution in [0.1, 0.15) is 105 Å². The molecule has 23 heavy (non-hydrogen) atoms. The van der Waals surface area contributed by atoms with Crippen LogP contribution in [0.4, 0.5) is 0 Å². The highest BCUT2D eigenvalue weighted by Gasteiger charge is 2.02. The van der Waals surface area contributed by atoms with E-state index in [1.165, 1.54) is 76.2 Å². The van der Waals surface area contributed by atoms with Gasteiger partial charge >= 0.3 is 0 Å². The number of hydrogen-bond donors (Lipinski definition) is 0. The zero-order valence-electron chi connectivity index (χ0n) is 16.7. The number of unbranched alkanes of at least 4 members (excludes halogenated alkanes) is 7. The van der Waals surface area contributed by atoms with Gasteiger partial charge in [0.15, 0.2) is 0 Å². The van der Waals surface area contributed by atoms with Crippen molar-refractivity contribution in [2.24, 2.45) is 5.92 Å². The Bertz CT molecular complexity index is 343. The van der Waals surface area contributed by atoms with Gasteiger partial charge in [-0.25, -0.2) is 0 Å². The molecule has 0 nitrogen and oxygen atoms in total. The van der Waals surface area contributed by atoms with Crippen LogP contribution in [-0.2, 0) is 0 Å². The van der Waals surface area contributed by atoms with Crippen LogP contribution in [0.3, 0.4) is 0 Å². The molecule has 134 valence electrons. The fourth-order valence-corrected chi connectivity index (χ4v) is 2.82. The smallest absolute Gasteiger partial charge is 0.0289 e. The Hall–Kier alpha value is -0.780. The average Bonchev–Trinajstić information content (AvgIpc) is 2.53. The zero-order chi connectivity index (χ0) is 17.3. The summed E-state index contributed by atoms with van der Waals surface area (Å²) in [5, 5.41) is 0. The Labute approximate surface area is 147 Å². The number of hydrogen-bond acceptors (Lipinski definition) is 0. The molecule has 0 aromatic carbocycles. The first-order chi connectivity index (χ1) is 11.1.